The van der Waals surface area contributed by atoms with Crippen LogP contribution in [0, 0.1) is 5.92 Å². The number of hydrogen-bond acceptors (Lipinski definition) is 4. The summed E-state index contributed by atoms with van der Waals surface area (Å²) in [6, 6.07) is 19.5. The van der Waals surface area contributed by atoms with Gasteiger partial charge in [0.15, 0.2) is 0 Å². The Bertz CT molecular complexity index is 1060. The Hall–Kier alpha value is -3.12. The summed E-state index contributed by atoms with van der Waals surface area (Å²) >= 11 is 1.69. The maximum absolute atomic E-state index is 13.2. The molecule has 0 spiro atoms. The maximum atomic E-state index is 13.2. The summed E-state index contributed by atoms with van der Waals surface area (Å²) in [5.74, 6) is 0.374. The van der Waals surface area contributed by atoms with Gasteiger partial charge in [-0.2, -0.15) is 0 Å². The van der Waals surface area contributed by atoms with Crippen LogP contribution in [0.2, 0.25) is 0 Å². The van der Waals surface area contributed by atoms with E-state index in [1.54, 1.807) is 40.4 Å². The van der Waals surface area contributed by atoms with Crippen molar-refractivity contribution in [1.82, 2.24) is 9.80 Å². The topological polar surface area (TPSA) is 49.9 Å². The van der Waals surface area contributed by atoms with Crippen molar-refractivity contribution in [2.24, 2.45) is 5.92 Å². The van der Waals surface area contributed by atoms with E-state index in [-0.39, 0.29) is 17.7 Å². The summed E-state index contributed by atoms with van der Waals surface area (Å²) in [5.41, 5.74) is 2.87. The van der Waals surface area contributed by atoms with Gasteiger partial charge in [0, 0.05) is 37.1 Å². The fraction of sp³-hybridized carbons (Fsp3) is 0.280. The van der Waals surface area contributed by atoms with E-state index in [4.69, 9.17) is 4.74 Å². The first-order valence-corrected chi connectivity index (χ1v) is 11.2. The van der Waals surface area contributed by atoms with Gasteiger partial charge in [0.05, 0.1) is 13.0 Å². The average Bonchev–Trinajstić information content (AvgIpc) is 3.30. The van der Waals surface area contributed by atoms with Crippen LogP contribution in [0.1, 0.15) is 15.9 Å². The predicted molar refractivity (Wildman–Crippen MR) is 123 cm³/mol. The van der Waals surface area contributed by atoms with Gasteiger partial charge in [0.2, 0.25) is 5.91 Å². The van der Waals surface area contributed by atoms with Crippen LogP contribution < -0.4 is 4.74 Å². The Balaban J connectivity index is 1.60. The van der Waals surface area contributed by atoms with E-state index in [2.05, 4.69) is 23.6 Å². The number of methoxy groups -OCH3 is 1. The molecule has 1 aliphatic heterocycles. The van der Waals surface area contributed by atoms with Crippen molar-refractivity contribution >= 4 is 23.2 Å². The third-order valence-corrected chi connectivity index (χ3v) is 6.65. The van der Waals surface area contributed by atoms with Gasteiger partial charge < -0.3 is 14.5 Å². The Morgan fingerprint density at radius 3 is 2.71 bits per heavy atom. The van der Waals surface area contributed by atoms with Crippen molar-refractivity contribution in [3.8, 4) is 16.2 Å². The van der Waals surface area contributed by atoms with Crippen molar-refractivity contribution in [3.05, 3.63) is 77.2 Å². The third kappa shape index (κ3) is 4.64. The van der Waals surface area contributed by atoms with Crippen molar-refractivity contribution in [3.63, 3.8) is 0 Å². The van der Waals surface area contributed by atoms with Crippen LogP contribution in [0.4, 0.5) is 0 Å². The number of nitrogens with zero attached hydrogens (tertiary/aromatic N) is 2. The molecule has 0 bridgehead atoms. The first-order chi connectivity index (χ1) is 15.1. The zero-order valence-corrected chi connectivity index (χ0v) is 18.6. The van der Waals surface area contributed by atoms with E-state index in [1.807, 2.05) is 37.4 Å². The van der Waals surface area contributed by atoms with E-state index >= 15 is 0 Å². The van der Waals surface area contributed by atoms with Crippen molar-refractivity contribution < 1.29 is 14.3 Å². The van der Waals surface area contributed by atoms with Gasteiger partial charge in [0.25, 0.3) is 5.91 Å². The summed E-state index contributed by atoms with van der Waals surface area (Å²) in [4.78, 5) is 31.1. The molecule has 160 valence electrons. The van der Waals surface area contributed by atoms with Gasteiger partial charge in [-0.3, -0.25) is 9.59 Å². The molecule has 0 radical (unpaired) electrons. The zero-order valence-electron chi connectivity index (χ0n) is 17.8. The molecule has 3 aromatic rings. The van der Waals surface area contributed by atoms with Gasteiger partial charge in [-0.1, -0.05) is 36.4 Å². The maximum Gasteiger partial charge on any atom is 0.254 e. The van der Waals surface area contributed by atoms with E-state index in [1.165, 1.54) is 4.88 Å². The Morgan fingerprint density at radius 1 is 1.10 bits per heavy atom. The van der Waals surface area contributed by atoms with E-state index in [0.717, 1.165) is 11.1 Å². The van der Waals surface area contributed by atoms with Crippen molar-refractivity contribution in [1.29, 1.82) is 0 Å². The molecule has 1 atom stereocenters. The van der Waals surface area contributed by atoms with E-state index in [0.29, 0.717) is 37.4 Å². The molecule has 0 N–H and O–H groups in total. The van der Waals surface area contributed by atoms with Crippen LogP contribution in [-0.2, 0) is 11.2 Å². The molecule has 1 aromatic heterocycles. The largest absolute Gasteiger partial charge is 0.497 e. The first kappa shape index (κ1) is 21.1. The minimum atomic E-state index is -0.289. The van der Waals surface area contributed by atoms with Crippen molar-refractivity contribution in [2.45, 2.75) is 6.42 Å². The number of amides is 2. The molecule has 1 saturated heterocycles. The number of thiophene rings is 1. The predicted octanol–water partition coefficient (Wildman–Crippen LogP) is 4.20. The molecule has 0 unspecified atom stereocenters. The number of likely N-dealkylation sites (N-methyl/N-ethyl adjacent to an activating group) is 1. The van der Waals surface area contributed by atoms with Crippen LogP contribution in [-0.4, -0.2) is 55.4 Å². The number of carbonyl (C=O) groups excluding carboxylic acids is 2. The number of hydrogen-bond donors (Lipinski definition) is 0. The number of benzene rings is 2. The van der Waals surface area contributed by atoms with Crippen molar-refractivity contribution in [2.75, 3.05) is 33.8 Å². The highest BCUT2D eigenvalue weighted by atomic mass is 32.1. The monoisotopic (exact) mass is 434 g/mol. The zero-order chi connectivity index (χ0) is 21.8. The highest BCUT2D eigenvalue weighted by molar-refractivity contribution is 7.13. The molecule has 2 aromatic carbocycles. The van der Waals surface area contributed by atoms with Crippen LogP contribution in [0.15, 0.2) is 66.0 Å². The molecule has 0 saturated carbocycles. The van der Waals surface area contributed by atoms with Crippen LogP contribution in [0.3, 0.4) is 0 Å². The summed E-state index contributed by atoms with van der Waals surface area (Å²) in [6.45, 7) is 1.44. The second-order valence-electron chi connectivity index (χ2n) is 7.78. The molecular weight excluding hydrogens is 408 g/mol. The fourth-order valence-corrected chi connectivity index (χ4v) is 4.83. The summed E-state index contributed by atoms with van der Waals surface area (Å²) in [7, 11) is 3.41. The lowest BCUT2D eigenvalue weighted by molar-refractivity contribution is -0.133. The molecule has 6 heteroatoms. The number of carbonyl (C=O) groups is 2. The van der Waals surface area contributed by atoms with Crippen LogP contribution >= 0.6 is 11.3 Å². The van der Waals surface area contributed by atoms with Crippen LogP contribution in [0.5, 0.6) is 5.75 Å². The van der Waals surface area contributed by atoms with E-state index in [9.17, 15) is 9.59 Å². The lowest BCUT2D eigenvalue weighted by Gasteiger charge is -2.24. The highest BCUT2D eigenvalue weighted by Gasteiger charge is 2.31. The van der Waals surface area contributed by atoms with Gasteiger partial charge in [-0.05, 0) is 47.2 Å². The highest BCUT2D eigenvalue weighted by Crippen LogP contribution is 2.30. The third-order valence-electron chi connectivity index (χ3n) is 5.75. The lowest BCUT2D eigenvalue weighted by Crippen LogP contribution is -2.37. The lowest BCUT2D eigenvalue weighted by atomic mass is 9.93. The quantitative estimate of drug-likeness (QED) is 0.605. The molecule has 5 nitrogen and oxygen atoms in total. The fourth-order valence-electron chi connectivity index (χ4n) is 4.04. The minimum Gasteiger partial charge on any atom is -0.497 e. The molecule has 2 heterocycles. The smallest absolute Gasteiger partial charge is 0.254 e. The SMILES string of the molecule is COc1cccc(C(=O)N2CCN(C)C(=O)[C@H](Cc3ccccc3-c3cccs3)C2)c1. The normalized spacial score (nSPS) is 16.8. The number of ether oxygens (including phenoxy) is 1. The average molecular weight is 435 g/mol. The molecule has 1 fully saturated rings. The van der Waals surface area contributed by atoms with E-state index < -0.39 is 0 Å². The molecule has 2 amide bonds. The van der Waals surface area contributed by atoms with Gasteiger partial charge in [0.1, 0.15) is 5.75 Å². The summed E-state index contributed by atoms with van der Waals surface area (Å²) in [6.07, 6.45) is 0.596. The standard InChI is InChI=1S/C25H26N2O3S/c1-26-12-13-27(25(29)19-8-5-9-21(16-19)30-2)17-20(24(26)28)15-18-7-3-4-10-22(18)23-11-6-14-31-23/h3-11,14,16,20H,12-13,15,17H2,1-2H3/t20-/m1/s1. The summed E-state index contributed by atoms with van der Waals surface area (Å²) < 4.78 is 5.27. The Kier molecular flexibility index (Phi) is 6.37. The molecule has 1 aliphatic rings. The molecule has 31 heavy (non-hydrogen) atoms. The molecule has 4 rings (SSSR count). The second kappa shape index (κ2) is 9.35. The van der Waals surface area contributed by atoms with Gasteiger partial charge in [-0.25, -0.2) is 0 Å². The Labute approximate surface area is 186 Å². The molecular formula is C25H26N2O3S. The van der Waals surface area contributed by atoms with Gasteiger partial charge in [-0.15, -0.1) is 11.3 Å². The molecule has 0 aliphatic carbocycles. The second-order valence-corrected chi connectivity index (χ2v) is 8.73. The minimum absolute atomic E-state index is 0.0708. The summed E-state index contributed by atoms with van der Waals surface area (Å²) in [5, 5.41) is 2.06. The first-order valence-electron chi connectivity index (χ1n) is 10.4. The number of rotatable bonds is 5. The van der Waals surface area contributed by atoms with Gasteiger partial charge >= 0.3 is 0 Å². The van der Waals surface area contributed by atoms with Crippen LogP contribution in [0.25, 0.3) is 10.4 Å². The Morgan fingerprint density at radius 2 is 1.94 bits per heavy atom.